The van der Waals surface area contributed by atoms with Gasteiger partial charge in [-0.15, -0.1) is 0 Å². The van der Waals surface area contributed by atoms with Crippen LogP contribution in [-0.2, 0) is 0 Å². The summed E-state index contributed by atoms with van der Waals surface area (Å²) in [6.07, 6.45) is 6.62. The van der Waals surface area contributed by atoms with Crippen molar-refractivity contribution in [2.45, 2.75) is 150 Å². The highest BCUT2D eigenvalue weighted by Crippen LogP contribution is 2.28. The Bertz CT molecular complexity index is 537. The van der Waals surface area contributed by atoms with Gasteiger partial charge in [0.1, 0.15) is 0 Å². The molecular weight excluding hydrogens is 482 g/mol. The Morgan fingerprint density at radius 3 is 0.850 bits per heavy atom. The SMILES string of the molecule is CC.CC.CC.CCC(C)(CC)CC.CCC(C)CC.CCN(C)CC.Cc1ccccc1.Cc1ccccc1. The molecule has 240 valence electrons. The van der Waals surface area contributed by atoms with Crippen molar-refractivity contribution in [2.24, 2.45) is 11.3 Å². The van der Waals surface area contributed by atoms with Crippen LogP contribution in [0.4, 0.5) is 0 Å². The first-order valence-electron chi connectivity index (χ1n) is 16.8. The Morgan fingerprint density at radius 1 is 0.550 bits per heavy atom. The van der Waals surface area contributed by atoms with E-state index in [1.54, 1.807) is 0 Å². The van der Waals surface area contributed by atoms with Gasteiger partial charge in [-0.3, -0.25) is 0 Å². The lowest BCUT2D eigenvalue weighted by Crippen LogP contribution is -2.15. The number of rotatable bonds is 7. The van der Waals surface area contributed by atoms with Crippen molar-refractivity contribution in [3.05, 3.63) is 71.8 Å². The summed E-state index contributed by atoms with van der Waals surface area (Å²) >= 11 is 0. The van der Waals surface area contributed by atoms with Crippen LogP contribution in [0.25, 0.3) is 0 Å². The second kappa shape index (κ2) is 44.4. The second-order valence-electron chi connectivity index (χ2n) is 9.59. The Labute approximate surface area is 257 Å². The highest BCUT2D eigenvalue weighted by atomic mass is 15.1. The molecule has 0 N–H and O–H groups in total. The maximum Gasteiger partial charge on any atom is -0.00504 e. The normalized spacial score (nSPS) is 8.90. The van der Waals surface area contributed by atoms with Crippen molar-refractivity contribution in [1.29, 1.82) is 0 Å². The minimum Gasteiger partial charge on any atom is -0.307 e. The third-order valence-electron chi connectivity index (χ3n) is 6.92. The van der Waals surface area contributed by atoms with Gasteiger partial charge >= 0.3 is 0 Å². The molecule has 0 heterocycles. The molecule has 0 amide bonds. The Balaban J connectivity index is -0.0000000864. The molecule has 2 aromatic carbocycles. The largest absolute Gasteiger partial charge is 0.307 e. The molecule has 0 aliphatic carbocycles. The molecule has 0 saturated heterocycles. The molecule has 0 aliphatic heterocycles. The Morgan fingerprint density at radius 2 is 0.800 bits per heavy atom. The van der Waals surface area contributed by atoms with Crippen LogP contribution >= 0.6 is 0 Å². The molecule has 0 radical (unpaired) electrons. The maximum absolute atomic E-state index is 2.35. The van der Waals surface area contributed by atoms with Crippen molar-refractivity contribution >= 4 is 0 Å². The van der Waals surface area contributed by atoms with E-state index in [-0.39, 0.29) is 0 Å². The van der Waals surface area contributed by atoms with Gasteiger partial charge in [-0.05, 0) is 45.3 Å². The van der Waals surface area contributed by atoms with Crippen LogP contribution in [0, 0.1) is 25.2 Å². The lowest BCUT2D eigenvalue weighted by atomic mass is 9.82. The summed E-state index contributed by atoms with van der Waals surface area (Å²) in [5.74, 6) is 0.935. The lowest BCUT2D eigenvalue weighted by molar-refractivity contribution is 0.286. The van der Waals surface area contributed by atoms with Crippen LogP contribution in [-0.4, -0.2) is 25.0 Å². The molecule has 0 aromatic heterocycles. The summed E-state index contributed by atoms with van der Waals surface area (Å²) < 4.78 is 0. The van der Waals surface area contributed by atoms with Gasteiger partial charge in [-0.2, -0.15) is 0 Å². The van der Waals surface area contributed by atoms with Gasteiger partial charge in [0.2, 0.25) is 0 Å². The van der Waals surface area contributed by atoms with E-state index in [1.165, 1.54) is 43.2 Å². The van der Waals surface area contributed by atoms with Crippen LogP contribution in [0.3, 0.4) is 0 Å². The topological polar surface area (TPSA) is 3.24 Å². The molecule has 0 unspecified atom stereocenters. The molecule has 40 heavy (non-hydrogen) atoms. The standard InChI is InChI=1S/C8H18.2C7H8.C6H14.C5H13N.3C2H6/c1-5-8(4,6-2)7-3;2*1-7-5-3-2-4-6-7;2*1-4-6(3)5-2;3*1-2/h5-7H2,1-4H3;2*2-6H,1H3;6H,4-5H2,1-3H3;4-5H2,1-3H3;3*1-2H3. The van der Waals surface area contributed by atoms with E-state index in [9.17, 15) is 0 Å². The van der Waals surface area contributed by atoms with Crippen molar-refractivity contribution < 1.29 is 0 Å². The minimum atomic E-state index is 0.625. The fourth-order valence-corrected chi connectivity index (χ4v) is 2.33. The van der Waals surface area contributed by atoms with Gasteiger partial charge in [0.15, 0.2) is 0 Å². The van der Waals surface area contributed by atoms with Gasteiger partial charge in [-0.1, -0.05) is 208 Å². The lowest BCUT2D eigenvalue weighted by Gasteiger charge is -2.23. The summed E-state index contributed by atoms with van der Waals surface area (Å²) in [6, 6.07) is 20.5. The van der Waals surface area contributed by atoms with Crippen molar-refractivity contribution in [1.82, 2.24) is 4.90 Å². The Kier molecular flexibility index (Phi) is 56.8. The Hall–Kier alpha value is -1.60. The van der Waals surface area contributed by atoms with E-state index in [2.05, 4.69) is 112 Å². The summed E-state index contributed by atoms with van der Waals surface area (Å²) in [5.41, 5.74) is 3.27. The number of aryl methyl sites for hydroxylation is 2. The first-order chi connectivity index (χ1) is 19.1. The molecule has 2 rings (SSSR count). The average molecular weight is 562 g/mol. The summed E-state index contributed by atoms with van der Waals surface area (Å²) in [5, 5.41) is 0. The van der Waals surface area contributed by atoms with Crippen LogP contribution in [0.1, 0.15) is 147 Å². The predicted molar refractivity (Wildman–Crippen MR) is 194 cm³/mol. The minimum absolute atomic E-state index is 0.625. The quantitative estimate of drug-likeness (QED) is 0.325. The van der Waals surface area contributed by atoms with E-state index >= 15 is 0 Å². The predicted octanol–water partition coefficient (Wildman–Crippen LogP) is 13.7. The molecule has 0 fully saturated rings. The van der Waals surface area contributed by atoms with Gasteiger partial charge in [0.25, 0.3) is 0 Å². The van der Waals surface area contributed by atoms with E-state index in [1.807, 2.05) is 77.9 Å². The molecule has 1 nitrogen and oxygen atoms in total. The van der Waals surface area contributed by atoms with E-state index in [0.29, 0.717) is 5.41 Å². The van der Waals surface area contributed by atoms with Gasteiger partial charge in [-0.25, -0.2) is 0 Å². The smallest absolute Gasteiger partial charge is 0.00504 e. The third kappa shape index (κ3) is 46.3. The molecule has 0 bridgehead atoms. The van der Waals surface area contributed by atoms with E-state index in [4.69, 9.17) is 0 Å². The van der Waals surface area contributed by atoms with E-state index < -0.39 is 0 Å². The summed E-state index contributed by atoms with van der Waals surface area (Å²) in [6.45, 7) is 38.7. The molecule has 0 aliphatic rings. The van der Waals surface area contributed by atoms with E-state index in [0.717, 1.165) is 19.0 Å². The van der Waals surface area contributed by atoms with Crippen LogP contribution < -0.4 is 0 Å². The summed E-state index contributed by atoms with van der Waals surface area (Å²) in [7, 11) is 2.11. The first kappa shape index (κ1) is 51.2. The van der Waals surface area contributed by atoms with Crippen LogP contribution in [0.5, 0.6) is 0 Å². The molecule has 0 atom stereocenters. The maximum atomic E-state index is 2.35. The van der Waals surface area contributed by atoms with Gasteiger partial charge < -0.3 is 4.90 Å². The zero-order valence-corrected chi connectivity index (χ0v) is 31.2. The first-order valence-corrected chi connectivity index (χ1v) is 16.8. The summed E-state index contributed by atoms with van der Waals surface area (Å²) in [4.78, 5) is 2.25. The van der Waals surface area contributed by atoms with Crippen LogP contribution in [0.2, 0.25) is 0 Å². The molecule has 2 aromatic rings. The van der Waals surface area contributed by atoms with Crippen molar-refractivity contribution in [3.63, 3.8) is 0 Å². The average Bonchev–Trinajstić information content (AvgIpc) is 3.04. The second-order valence-corrected chi connectivity index (χ2v) is 9.59. The number of nitrogens with zero attached hydrogens (tertiary/aromatic N) is 1. The number of hydrogen-bond acceptors (Lipinski definition) is 1. The highest BCUT2D eigenvalue weighted by Gasteiger charge is 2.15. The van der Waals surface area contributed by atoms with Gasteiger partial charge in [0, 0.05) is 0 Å². The molecule has 1 heteroatoms. The number of hydrogen-bond donors (Lipinski definition) is 0. The molecule has 0 spiro atoms. The fourth-order valence-electron chi connectivity index (χ4n) is 2.33. The third-order valence-corrected chi connectivity index (χ3v) is 6.92. The fraction of sp³-hybridized carbons (Fsp3) is 0.692. The highest BCUT2D eigenvalue weighted by molar-refractivity contribution is 5.12. The van der Waals surface area contributed by atoms with Crippen LogP contribution in [0.15, 0.2) is 60.7 Å². The zero-order chi connectivity index (χ0) is 32.8. The number of benzene rings is 2. The molecular formula is C39H79N. The monoisotopic (exact) mass is 562 g/mol. The zero-order valence-electron chi connectivity index (χ0n) is 31.2. The van der Waals surface area contributed by atoms with Crippen molar-refractivity contribution in [2.75, 3.05) is 20.1 Å². The van der Waals surface area contributed by atoms with Crippen molar-refractivity contribution in [3.8, 4) is 0 Å². The molecule has 0 saturated carbocycles. The van der Waals surface area contributed by atoms with Gasteiger partial charge in [0.05, 0.1) is 0 Å².